The number of nitrogens with two attached hydrogens (primary N) is 1. The van der Waals surface area contributed by atoms with Crippen LogP contribution in [0.25, 0.3) is 0 Å². The minimum absolute atomic E-state index is 0.129. The average molecular weight is 271 g/mol. The Balaban J connectivity index is 1.74. The van der Waals surface area contributed by atoms with Gasteiger partial charge < -0.3 is 16.0 Å². The summed E-state index contributed by atoms with van der Waals surface area (Å²) in [6.45, 7) is 3.22. The third-order valence-corrected chi connectivity index (χ3v) is 3.47. The molecule has 3 N–H and O–H groups in total. The number of hydrogen-bond acceptors (Lipinski definition) is 6. The molecular weight excluding hydrogens is 252 g/mol. The maximum Gasteiger partial charge on any atom is 0.228 e. The fourth-order valence-corrected chi connectivity index (χ4v) is 2.35. The second-order valence-corrected chi connectivity index (χ2v) is 5.09. The Hall–Kier alpha value is -1.14. The second kappa shape index (κ2) is 6.15. The highest BCUT2D eigenvalue weighted by Crippen LogP contribution is 2.19. The number of nitrogens with one attached hydrogen (secondary N) is 1. The molecule has 0 atom stereocenters. The molecule has 1 fully saturated rings. The van der Waals surface area contributed by atoms with Gasteiger partial charge in [0.2, 0.25) is 17.2 Å². The fourth-order valence-electron chi connectivity index (χ4n) is 2.18. The molecule has 0 unspecified atom stereocenters. The molecule has 0 aromatic carbocycles. The Labute approximate surface area is 112 Å². The lowest BCUT2D eigenvalue weighted by Gasteiger charge is -2.28. The van der Waals surface area contributed by atoms with Gasteiger partial charge in [0.05, 0.1) is 0 Å². The van der Waals surface area contributed by atoms with Gasteiger partial charge in [0.25, 0.3) is 0 Å². The van der Waals surface area contributed by atoms with Crippen LogP contribution in [0.1, 0.15) is 19.3 Å². The summed E-state index contributed by atoms with van der Waals surface area (Å²) in [6, 6.07) is 0. The Morgan fingerprint density at radius 2 is 2.06 bits per heavy atom. The molecule has 18 heavy (non-hydrogen) atoms. The highest BCUT2D eigenvalue weighted by atomic mass is 35.5. The zero-order valence-electron chi connectivity index (χ0n) is 10.6. The topological polar surface area (TPSA) is 80.0 Å². The van der Waals surface area contributed by atoms with E-state index in [2.05, 4.69) is 32.2 Å². The third-order valence-electron chi connectivity index (χ3n) is 3.30. The summed E-state index contributed by atoms with van der Waals surface area (Å²) in [5.41, 5.74) is 5.50. The summed E-state index contributed by atoms with van der Waals surface area (Å²) in [4.78, 5) is 14.0. The molecule has 7 heteroatoms. The number of aromatic nitrogens is 3. The molecule has 1 aliphatic rings. The van der Waals surface area contributed by atoms with Gasteiger partial charge in [0, 0.05) is 6.54 Å². The van der Waals surface area contributed by atoms with E-state index < -0.39 is 0 Å². The molecule has 0 radical (unpaired) electrons. The van der Waals surface area contributed by atoms with Crippen molar-refractivity contribution >= 4 is 23.5 Å². The molecule has 0 amide bonds. The van der Waals surface area contributed by atoms with E-state index in [1.807, 2.05) is 0 Å². The van der Waals surface area contributed by atoms with Gasteiger partial charge in [-0.25, -0.2) is 0 Å². The molecular formula is C11H19ClN6. The van der Waals surface area contributed by atoms with Gasteiger partial charge in [0.1, 0.15) is 0 Å². The molecule has 1 aliphatic heterocycles. The molecule has 0 saturated carbocycles. The number of nitrogen functional groups attached to an aromatic ring is 1. The van der Waals surface area contributed by atoms with Crippen molar-refractivity contribution in [3.8, 4) is 0 Å². The third kappa shape index (κ3) is 3.96. The smallest absolute Gasteiger partial charge is 0.228 e. The fraction of sp³-hybridized carbons (Fsp3) is 0.727. The summed E-state index contributed by atoms with van der Waals surface area (Å²) >= 11 is 5.71. The number of hydrogen-bond donors (Lipinski definition) is 2. The van der Waals surface area contributed by atoms with E-state index >= 15 is 0 Å². The Kier molecular flexibility index (Phi) is 4.54. The van der Waals surface area contributed by atoms with Crippen molar-refractivity contribution in [2.45, 2.75) is 19.3 Å². The lowest BCUT2D eigenvalue weighted by atomic mass is 9.94. The standard InChI is InChI=1S/C11H19ClN6/c1-18-6-3-8(4-7-18)2-5-14-11-16-9(12)15-10(13)17-11/h8H,2-7H2,1H3,(H3,13,14,15,16,17). The molecule has 100 valence electrons. The molecule has 1 saturated heterocycles. The van der Waals surface area contributed by atoms with Gasteiger partial charge in [0.15, 0.2) is 0 Å². The highest BCUT2D eigenvalue weighted by Gasteiger charge is 2.16. The average Bonchev–Trinajstić information content (AvgIpc) is 2.30. The van der Waals surface area contributed by atoms with E-state index in [0.29, 0.717) is 5.95 Å². The quantitative estimate of drug-likeness (QED) is 0.857. The number of rotatable bonds is 4. The first-order chi connectivity index (χ1) is 8.63. The molecule has 1 aromatic rings. The maximum absolute atomic E-state index is 5.71. The van der Waals surface area contributed by atoms with E-state index in [-0.39, 0.29) is 11.2 Å². The van der Waals surface area contributed by atoms with Crippen LogP contribution in [0.4, 0.5) is 11.9 Å². The van der Waals surface area contributed by atoms with Crippen LogP contribution in [0.2, 0.25) is 5.28 Å². The van der Waals surface area contributed by atoms with Gasteiger partial charge >= 0.3 is 0 Å². The number of likely N-dealkylation sites (tertiary alicyclic amines) is 1. The van der Waals surface area contributed by atoms with Gasteiger partial charge in [-0.1, -0.05) is 0 Å². The lowest BCUT2D eigenvalue weighted by molar-refractivity contribution is 0.215. The first-order valence-electron chi connectivity index (χ1n) is 6.23. The van der Waals surface area contributed by atoms with Crippen LogP contribution < -0.4 is 11.1 Å². The Morgan fingerprint density at radius 3 is 2.72 bits per heavy atom. The van der Waals surface area contributed by atoms with Gasteiger partial charge in [-0.2, -0.15) is 15.0 Å². The summed E-state index contributed by atoms with van der Waals surface area (Å²) in [5, 5.41) is 3.27. The molecule has 6 nitrogen and oxygen atoms in total. The Morgan fingerprint density at radius 1 is 1.33 bits per heavy atom. The minimum Gasteiger partial charge on any atom is -0.368 e. The van der Waals surface area contributed by atoms with Crippen molar-refractivity contribution in [1.29, 1.82) is 0 Å². The normalized spacial score (nSPS) is 17.9. The van der Waals surface area contributed by atoms with Crippen molar-refractivity contribution in [3.63, 3.8) is 0 Å². The van der Waals surface area contributed by atoms with Crippen LogP contribution in [0.3, 0.4) is 0 Å². The van der Waals surface area contributed by atoms with Crippen molar-refractivity contribution in [1.82, 2.24) is 19.9 Å². The number of nitrogens with zero attached hydrogens (tertiary/aromatic N) is 4. The highest BCUT2D eigenvalue weighted by molar-refractivity contribution is 6.28. The first kappa shape index (κ1) is 13.3. The largest absolute Gasteiger partial charge is 0.368 e. The monoisotopic (exact) mass is 270 g/mol. The van der Waals surface area contributed by atoms with Gasteiger partial charge in [-0.05, 0) is 56.9 Å². The van der Waals surface area contributed by atoms with E-state index in [9.17, 15) is 0 Å². The van der Waals surface area contributed by atoms with Crippen LogP contribution in [0.15, 0.2) is 0 Å². The van der Waals surface area contributed by atoms with Crippen molar-refractivity contribution in [3.05, 3.63) is 5.28 Å². The molecule has 0 bridgehead atoms. The maximum atomic E-state index is 5.71. The van der Waals surface area contributed by atoms with Crippen LogP contribution in [0, 0.1) is 5.92 Å². The SMILES string of the molecule is CN1CCC(CCNc2nc(N)nc(Cl)n2)CC1. The minimum atomic E-state index is 0.129. The van der Waals surface area contributed by atoms with Crippen molar-refractivity contribution in [2.75, 3.05) is 37.7 Å². The summed E-state index contributed by atoms with van der Waals surface area (Å²) < 4.78 is 0. The number of piperidine rings is 1. The second-order valence-electron chi connectivity index (χ2n) is 4.75. The van der Waals surface area contributed by atoms with Gasteiger partial charge in [-0.15, -0.1) is 0 Å². The van der Waals surface area contributed by atoms with E-state index in [4.69, 9.17) is 17.3 Å². The van der Waals surface area contributed by atoms with E-state index in [0.717, 1.165) is 18.9 Å². The zero-order chi connectivity index (χ0) is 13.0. The predicted octanol–water partition coefficient (Wildman–Crippen LogP) is 1.25. The molecule has 1 aromatic heterocycles. The van der Waals surface area contributed by atoms with Crippen molar-refractivity contribution in [2.24, 2.45) is 5.92 Å². The lowest BCUT2D eigenvalue weighted by Crippen LogP contribution is -2.30. The van der Waals surface area contributed by atoms with Crippen LogP contribution in [-0.4, -0.2) is 46.5 Å². The van der Waals surface area contributed by atoms with Gasteiger partial charge in [-0.3, -0.25) is 0 Å². The number of halogens is 1. The summed E-state index contributed by atoms with van der Waals surface area (Å²) in [7, 11) is 2.17. The summed E-state index contributed by atoms with van der Waals surface area (Å²) in [5.74, 6) is 1.39. The predicted molar refractivity (Wildman–Crippen MR) is 72.6 cm³/mol. The van der Waals surface area contributed by atoms with Crippen LogP contribution >= 0.6 is 11.6 Å². The van der Waals surface area contributed by atoms with E-state index in [1.54, 1.807) is 0 Å². The van der Waals surface area contributed by atoms with E-state index in [1.165, 1.54) is 25.9 Å². The first-order valence-corrected chi connectivity index (χ1v) is 6.61. The summed E-state index contributed by atoms with van der Waals surface area (Å²) in [6.07, 6.45) is 3.65. The van der Waals surface area contributed by atoms with Crippen LogP contribution in [-0.2, 0) is 0 Å². The molecule has 2 heterocycles. The Bertz CT molecular complexity index is 371. The van der Waals surface area contributed by atoms with Crippen LogP contribution in [0.5, 0.6) is 0 Å². The van der Waals surface area contributed by atoms with Crippen molar-refractivity contribution < 1.29 is 0 Å². The molecule has 0 spiro atoms. The number of anilines is 2. The molecule has 2 rings (SSSR count). The zero-order valence-corrected chi connectivity index (χ0v) is 11.3. The molecule has 0 aliphatic carbocycles.